The number of amides is 1. The van der Waals surface area contributed by atoms with Crippen molar-refractivity contribution in [3.05, 3.63) is 82.4 Å². The Hall–Kier alpha value is -4.21. The van der Waals surface area contributed by atoms with Crippen molar-refractivity contribution in [2.24, 2.45) is 0 Å². The van der Waals surface area contributed by atoms with Gasteiger partial charge in [0.25, 0.3) is 5.91 Å². The molecule has 3 heterocycles. The molecule has 17 heteroatoms. The number of esters is 1. The number of nitrogens with zero attached hydrogens (tertiary/aromatic N) is 2. The lowest BCUT2D eigenvalue weighted by atomic mass is 9.93. The highest BCUT2D eigenvalue weighted by molar-refractivity contribution is 7.52. The minimum atomic E-state index is -4.49. The number of aromatic nitrogens is 2. The van der Waals surface area contributed by atoms with Gasteiger partial charge in [-0.15, -0.1) is 0 Å². The molecule has 2 aromatic carbocycles. The van der Waals surface area contributed by atoms with E-state index < -0.39 is 68.4 Å². The molecule has 5 rings (SSSR count). The molecule has 1 fully saturated rings. The molecule has 14 nitrogen and oxygen atoms in total. The second-order valence-electron chi connectivity index (χ2n) is 12.8. The number of aliphatic hydroxyl groups excluding tert-OH is 1. The minimum absolute atomic E-state index is 0.0679. The van der Waals surface area contributed by atoms with Crippen molar-refractivity contribution in [1.29, 1.82) is 0 Å². The highest BCUT2D eigenvalue weighted by atomic mass is 31.2. The maximum Gasteiger partial charge on any atom is 0.459 e. The number of hydrogen-bond donors (Lipinski definition) is 3. The monoisotopic (exact) mass is 720 g/mol. The number of nitrogens with one attached hydrogen (secondary N) is 2. The van der Waals surface area contributed by atoms with Gasteiger partial charge in [-0.2, -0.15) is 18.9 Å². The van der Waals surface area contributed by atoms with E-state index in [-0.39, 0.29) is 22.7 Å². The molecule has 1 amide bonds. The zero-order chi connectivity index (χ0) is 36.4. The molecule has 1 aromatic heterocycles. The summed E-state index contributed by atoms with van der Waals surface area (Å²) in [5.74, 6) is -4.87. The van der Waals surface area contributed by atoms with Crippen LogP contribution in [0.5, 0.6) is 11.5 Å². The first-order chi connectivity index (χ1) is 23.5. The molecule has 0 bridgehead atoms. The minimum Gasteiger partial charge on any atom is -0.488 e. The van der Waals surface area contributed by atoms with Crippen LogP contribution < -0.4 is 25.4 Å². The molecule has 2 aliphatic rings. The van der Waals surface area contributed by atoms with E-state index in [0.29, 0.717) is 16.7 Å². The van der Waals surface area contributed by atoms with Gasteiger partial charge < -0.3 is 29.2 Å². The zero-order valence-electron chi connectivity index (χ0n) is 28.0. The van der Waals surface area contributed by atoms with Gasteiger partial charge in [0.15, 0.2) is 6.10 Å². The number of halogens is 2. The number of carbonyl (C=O) groups excluding carboxylic acids is 2. The van der Waals surface area contributed by atoms with Gasteiger partial charge in [0.1, 0.15) is 35.1 Å². The summed E-state index contributed by atoms with van der Waals surface area (Å²) in [7, 11) is -4.49. The molecule has 1 saturated heterocycles. The van der Waals surface area contributed by atoms with Crippen LogP contribution in [0.4, 0.5) is 14.6 Å². The fraction of sp³-hybridized carbons (Fsp3) is 0.455. The number of para-hydroxylation sites is 1. The topological polar surface area (TPSA) is 177 Å². The SMILES string of the molecule is CC(C)OC(=O)[C@@H](C)NP(=O)(OC[C@H]1OC(n2ccc(NC(=O)c3ccc4c(c3)CCC(C)(C)O4)nc2=O)C(F)(F)[C@@H]1O)Oc1ccccc1. The highest BCUT2D eigenvalue weighted by Gasteiger charge is 2.60. The summed E-state index contributed by atoms with van der Waals surface area (Å²) < 4.78 is 72.3. The lowest BCUT2D eigenvalue weighted by Crippen LogP contribution is -2.42. The molecule has 0 saturated carbocycles. The molecule has 5 atom stereocenters. The number of benzene rings is 2. The molecule has 0 spiro atoms. The van der Waals surface area contributed by atoms with Gasteiger partial charge in [-0.25, -0.2) is 9.36 Å². The number of hydrogen-bond acceptors (Lipinski definition) is 11. The number of ether oxygens (including phenoxy) is 3. The Balaban J connectivity index is 1.27. The Bertz CT molecular complexity index is 1820. The van der Waals surface area contributed by atoms with Crippen molar-refractivity contribution in [3.8, 4) is 11.5 Å². The molecule has 0 radical (unpaired) electrons. The second-order valence-corrected chi connectivity index (χ2v) is 14.5. The predicted octanol–water partition coefficient (Wildman–Crippen LogP) is 4.63. The lowest BCUT2D eigenvalue weighted by Gasteiger charge is -2.32. The summed E-state index contributed by atoms with van der Waals surface area (Å²) in [6.45, 7) is 7.62. The Labute approximate surface area is 286 Å². The van der Waals surface area contributed by atoms with Gasteiger partial charge in [0.2, 0.25) is 6.23 Å². The van der Waals surface area contributed by atoms with Gasteiger partial charge in [0, 0.05) is 11.8 Å². The Morgan fingerprint density at radius 3 is 2.54 bits per heavy atom. The van der Waals surface area contributed by atoms with Crippen molar-refractivity contribution in [1.82, 2.24) is 14.6 Å². The molecular formula is C33H39F2N4O10P. The van der Waals surface area contributed by atoms with Crippen molar-refractivity contribution >= 4 is 25.4 Å². The van der Waals surface area contributed by atoms with E-state index in [1.54, 1.807) is 50.2 Å². The quantitative estimate of drug-likeness (QED) is 0.175. The third kappa shape index (κ3) is 8.56. The Morgan fingerprint density at radius 1 is 1.14 bits per heavy atom. The van der Waals surface area contributed by atoms with E-state index in [0.717, 1.165) is 24.2 Å². The van der Waals surface area contributed by atoms with Crippen molar-refractivity contribution in [2.75, 3.05) is 11.9 Å². The summed E-state index contributed by atoms with van der Waals surface area (Å²) in [6, 6.07) is 12.6. The normalized spacial score (nSPS) is 22.5. The van der Waals surface area contributed by atoms with E-state index in [1.165, 1.54) is 19.1 Å². The summed E-state index contributed by atoms with van der Waals surface area (Å²) in [5.41, 5.74) is -0.407. The first-order valence-corrected chi connectivity index (χ1v) is 17.4. The third-order valence-electron chi connectivity index (χ3n) is 7.84. The van der Waals surface area contributed by atoms with Gasteiger partial charge in [0.05, 0.1) is 12.7 Å². The van der Waals surface area contributed by atoms with Crippen LogP contribution in [-0.2, 0) is 29.8 Å². The van der Waals surface area contributed by atoms with Crippen LogP contribution in [0.1, 0.15) is 63.2 Å². The summed E-state index contributed by atoms with van der Waals surface area (Å²) >= 11 is 0. The van der Waals surface area contributed by atoms with E-state index in [9.17, 15) is 24.1 Å². The van der Waals surface area contributed by atoms with Crippen LogP contribution >= 0.6 is 7.75 Å². The van der Waals surface area contributed by atoms with Gasteiger partial charge in [-0.1, -0.05) is 18.2 Å². The number of aliphatic hydroxyl groups is 1. The first-order valence-electron chi connectivity index (χ1n) is 15.9. The van der Waals surface area contributed by atoms with E-state index >= 15 is 8.78 Å². The lowest BCUT2D eigenvalue weighted by molar-refractivity contribution is -0.149. The van der Waals surface area contributed by atoms with E-state index in [2.05, 4.69) is 15.4 Å². The van der Waals surface area contributed by atoms with Gasteiger partial charge in [-0.3, -0.25) is 18.7 Å². The number of rotatable bonds is 12. The molecular weight excluding hydrogens is 681 g/mol. The average Bonchev–Trinajstić information content (AvgIpc) is 3.26. The fourth-order valence-corrected chi connectivity index (χ4v) is 6.76. The molecule has 0 aliphatic carbocycles. The van der Waals surface area contributed by atoms with Crippen LogP contribution in [0.2, 0.25) is 0 Å². The maximum atomic E-state index is 15.4. The largest absolute Gasteiger partial charge is 0.488 e. The van der Waals surface area contributed by atoms with Gasteiger partial charge >= 0.3 is 25.3 Å². The average molecular weight is 721 g/mol. The summed E-state index contributed by atoms with van der Waals surface area (Å²) in [6.07, 6.45) is -4.77. The number of anilines is 1. The molecule has 270 valence electrons. The van der Waals surface area contributed by atoms with Crippen LogP contribution in [0, 0.1) is 0 Å². The predicted molar refractivity (Wildman–Crippen MR) is 175 cm³/mol. The van der Waals surface area contributed by atoms with Crippen LogP contribution in [0.15, 0.2) is 65.6 Å². The number of fused-ring (bicyclic) bond motifs is 1. The number of carbonyl (C=O) groups is 2. The van der Waals surface area contributed by atoms with Crippen molar-refractivity contribution in [2.45, 2.75) is 89.6 Å². The zero-order valence-corrected chi connectivity index (χ0v) is 28.9. The van der Waals surface area contributed by atoms with Crippen LogP contribution in [0.25, 0.3) is 0 Å². The van der Waals surface area contributed by atoms with Crippen LogP contribution in [0.3, 0.4) is 0 Å². The Morgan fingerprint density at radius 2 is 1.86 bits per heavy atom. The van der Waals surface area contributed by atoms with E-state index in [4.69, 9.17) is 23.3 Å². The highest BCUT2D eigenvalue weighted by Crippen LogP contribution is 2.48. The fourth-order valence-electron chi connectivity index (χ4n) is 5.26. The maximum absolute atomic E-state index is 15.4. The Kier molecular flexibility index (Phi) is 10.8. The van der Waals surface area contributed by atoms with E-state index in [1.807, 2.05) is 13.8 Å². The van der Waals surface area contributed by atoms with Crippen molar-refractivity contribution < 1.29 is 51.3 Å². The molecule has 2 unspecified atom stereocenters. The number of alkyl halides is 2. The number of aryl methyl sites for hydroxylation is 1. The second kappa shape index (κ2) is 14.6. The molecule has 2 aliphatic heterocycles. The first kappa shape index (κ1) is 37.1. The summed E-state index contributed by atoms with van der Waals surface area (Å²) in [4.78, 5) is 42.0. The third-order valence-corrected chi connectivity index (χ3v) is 9.49. The van der Waals surface area contributed by atoms with Crippen LogP contribution in [-0.4, -0.2) is 69.0 Å². The van der Waals surface area contributed by atoms with Crippen molar-refractivity contribution in [3.63, 3.8) is 0 Å². The summed E-state index contributed by atoms with van der Waals surface area (Å²) in [5, 5.41) is 15.4. The molecule has 50 heavy (non-hydrogen) atoms. The molecule has 3 N–H and O–H groups in total. The molecule has 3 aromatic rings. The smallest absolute Gasteiger partial charge is 0.459 e. The van der Waals surface area contributed by atoms with Gasteiger partial charge in [-0.05, 0) is 89.4 Å². The standard InChI is InChI=1S/C33H39F2N4O10P/c1-19(2)46-29(42)20(3)38-50(44,49-23-9-7-6-8-10-23)45-18-25-27(40)33(34,35)30(47-25)39-16-14-26(37-31(39)43)36-28(41)22-11-12-24-21(17-22)13-15-32(4,5)48-24/h6-12,14,16-17,19-20,25,27,30,40H,13,15,18H2,1-5H3,(H,38,44)(H,36,37,41,43)/t20-,25-,27-,30?,50?/m1/s1.